The van der Waals surface area contributed by atoms with Gasteiger partial charge in [0.05, 0.1) is 6.67 Å². The van der Waals surface area contributed by atoms with Gasteiger partial charge in [-0.1, -0.05) is 0 Å². The Morgan fingerprint density at radius 2 is 2.00 bits per heavy atom. The van der Waals surface area contributed by atoms with Crippen molar-refractivity contribution in [1.29, 1.82) is 0 Å². The largest absolute Gasteiger partial charge is 0.385 e. The standard InChI is InChI=1S/C6H13FO/c1-8-6-4-2-3-5-7/h2-6H2,1H3. The summed E-state index contributed by atoms with van der Waals surface area (Å²) in [5.41, 5.74) is 0. The number of rotatable bonds is 5. The molecule has 0 aliphatic rings. The molecule has 1 nitrogen and oxygen atoms in total. The van der Waals surface area contributed by atoms with Crippen LogP contribution in [0.4, 0.5) is 4.39 Å². The number of ether oxygens (including phenoxy) is 1. The van der Waals surface area contributed by atoms with Gasteiger partial charge in [-0.25, -0.2) is 0 Å². The summed E-state index contributed by atoms with van der Waals surface area (Å²) in [7, 11) is 1.66. The van der Waals surface area contributed by atoms with Gasteiger partial charge in [0.1, 0.15) is 0 Å². The molecule has 50 valence electrons. The summed E-state index contributed by atoms with van der Waals surface area (Å²) < 4.78 is 16.1. The predicted molar refractivity (Wildman–Crippen MR) is 31.7 cm³/mol. The Morgan fingerprint density at radius 1 is 1.25 bits per heavy atom. The third kappa shape index (κ3) is 5.89. The first-order valence-electron chi connectivity index (χ1n) is 2.96. The summed E-state index contributed by atoms with van der Waals surface area (Å²) in [4.78, 5) is 0. The Hall–Kier alpha value is -0.110. The normalized spacial score (nSPS) is 9.75. The lowest BCUT2D eigenvalue weighted by Gasteiger charge is -1.94. The molecule has 0 fully saturated rings. The molecule has 8 heavy (non-hydrogen) atoms. The summed E-state index contributed by atoms with van der Waals surface area (Å²) in [6.07, 6.45) is 2.62. The second kappa shape index (κ2) is 6.89. The van der Waals surface area contributed by atoms with Gasteiger partial charge in [-0.2, -0.15) is 0 Å². The number of unbranched alkanes of at least 4 members (excludes halogenated alkanes) is 2. The molecule has 0 amide bonds. The average molecular weight is 120 g/mol. The zero-order valence-electron chi connectivity index (χ0n) is 5.32. The van der Waals surface area contributed by atoms with E-state index in [1.54, 1.807) is 7.11 Å². The van der Waals surface area contributed by atoms with Crippen LogP contribution in [0.2, 0.25) is 0 Å². The molecular formula is C6H13FO. The van der Waals surface area contributed by atoms with Gasteiger partial charge in [0.15, 0.2) is 0 Å². The van der Waals surface area contributed by atoms with Gasteiger partial charge in [0, 0.05) is 13.7 Å². The zero-order valence-corrected chi connectivity index (χ0v) is 5.32. The predicted octanol–water partition coefficient (Wildman–Crippen LogP) is 1.77. The number of hydrogen-bond acceptors (Lipinski definition) is 1. The summed E-state index contributed by atoms with van der Waals surface area (Å²) >= 11 is 0. The molecule has 0 aliphatic heterocycles. The lowest BCUT2D eigenvalue weighted by atomic mass is 10.3. The van der Waals surface area contributed by atoms with E-state index in [-0.39, 0.29) is 6.67 Å². The van der Waals surface area contributed by atoms with Crippen LogP contribution in [0, 0.1) is 0 Å². The molecule has 0 saturated heterocycles. The molecule has 0 aromatic rings. The molecule has 0 N–H and O–H groups in total. The first-order chi connectivity index (χ1) is 3.91. The van der Waals surface area contributed by atoms with E-state index >= 15 is 0 Å². The molecule has 0 unspecified atom stereocenters. The summed E-state index contributed by atoms with van der Waals surface area (Å²) in [6.45, 7) is 0.573. The molecule has 0 aliphatic carbocycles. The summed E-state index contributed by atoms with van der Waals surface area (Å²) in [6, 6.07) is 0. The zero-order chi connectivity index (χ0) is 6.24. The quantitative estimate of drug-likeness (QED) is 0.502. The minimum absolute atomic E-state index is 0.191. The Bertz CT molecular complexity index is 33.5. The summed E-state index contributed by atoms with van der Waals surface area (Å²) in [5, 5.41) is 0. The highest BCUT2D eigenvalue weighted by Gasteiger charge is 1.85. The SMILES string of the molecule is COCCCCCF. The second-order valence-corrected chi connectivity index (χ2v) is 1.74. The molecular weight excluding hydrogens is 107 g/mol. The minimum Gasteiger partial charge on any atom is -0.385 e. The fraction of sp³-hybridized carbons (Fsp3) is 1.00. The Morgan fingerprint density at radius 3 is 2.50 bits per heavy atom. The maximum Gasteiger partial charge on any atom is 0.0894 e. The highest BCUT2D eigenvalue weighted by molar-refractivity contribution is 4.37. The Balaban J connectivity index is 2.53. The van der Waals surface area contributed by atoms with Crippen LogP contribution < -0.4 is 0 Å². The van der Waals surface area contributed by atoms with Crippen LogP contribution >= 0.6 is 0 Å². The third-order valence-electron chi connectivity index (χ3n) is 0.982. The van der Waals surface area contributed by atoms with Crippen molar-refractivity contribution in [3.63, 3.8) is 0 Å². The Labute approximate surface area is 49.8 Å². The van der Waals surface area contributed by atoms with Gasteiger partial charge >= 0.3 is 0 Å². The van der Waals surface area contributed by atoms with Crippen LogP contribution in [0.3, 0.4) is 0 Å². The van der Waals surface area contributed by atoms with E-state index in [1.165, 1.54) is 0 Å². The molecule has 0 atom stereocenters. The monoisotopic (exact) mass is 120 g/mol. The van der Waals surface area contributed by atoms with Gasteiger partial charge < -0.3 is 4.74 Å². The lowest BCUT2D eigenvalue weighted by molar-refractivity contribution is 0.191. The fourth-order valence-corrected chi connectivity index (χ4v) is 0.518. The summed E-state index contributed by atoms with van der Waals surface area (Å²) in [5.74, 6) is 0. The number of methoxy groups -OCH3 is 1. The highest BCUT2D eigenvalue weighted by atomic mass is 19.1. The van der Waals surface area contributed by atoms with Crippen LogP contribution in [0.25, 0.3) is 0 Å². The smallest absolute Gasteiger partial charge is 0.0894 e. The van der Waals surface area contributed by atoms with E-state index in [9.17, 15) is 4.39 Å². The van der Waals surface area contributed by atoms with Crippen molar-refractivity contribution in [2.45, 2.75) is 19.3 Å². The van der Waals surface area contributed by atoms with E-state index in [2.05, 4.69) is 0 Å². The van der Waals surface area contributed by atoms with Crippen LogP contribution in [0.15, 0.2) is 0 Å². The minimum atomic E-state index is -0.191. The van der Waals surface area contributed by atoms with Crippen LogP contribution in [0.5, 0.6) is 0 Å². The van der Waals surface area contributed by atoms with Gasteiger partial charge in [0.25, 0.3) is 0 Å². The maximum absolute atomic E-state index is 11.4. The number of alkyl halides is 1. The maximum atomic E-state index is 11.4. The van der Waals surface area contributed by atoms with E-state index < -0.39 is 0 Å². The van der Waals surface area contributed by atoms with E-state index in [1.807, 2.05) is 0 Å². The fourth-order valence-electron chi connectivity index (χ4n) is 0.518. The Kier molecular flexibility index (Phi) is 6.80. The molecule has 0 bridgehead atoms. The second-order valence-electron chi connectivity index (χ2n) is 1.74. The highest BCUT2D eigenvalue weighted by Crippen LogP contribution is 1.94. The van der Waals surface area contributed by atoms with Gasteiger partial charge in [0.2, 0.25) is 0 Å². The van der Waals surface area contributed by atoms with Crippen LogP contribution in [-0.4, -0.2) is 20.4 Å². The first kappa shape index (κ1) is 7.89. The van der Waals surface area contributed by atoms with Crippen molar-refractivity contribution < 1.29 is 9.13 Å². The molecule has 0 spiro atoms. The average Bonchev–Trinajstić information content (AvgIpc) is 1.81. The topological polar surface area (TPSA) is 9.23 Å². The van der Waals surface area contributed by atoms with Crippen molar-refractivity contribution >= 4 is 0 Å². The van der Waals surface area contributed by atoms with Crippen molar-refractivity contribution in [3.8, 4) is 0 Å². The molecule has 0 saturated carbocycles. The van der Waals surface area contributed by atoms with Gasteiger partial charge in [-0.05, 0) is 19.3 Å². The molecule has 0 aromatic heterocycles. The van der Waals surface area contributed by atoms with Gasteiger partial charge in [-0.3, -0.25) is 4.39 Å². The van der Waals surface area contributed by atoms with Crippen molar-refractivity contribution in [2.24, 2.45) is 0 Å². The number of halogens is 1. The van der Waals surface area contributed by atoms with E-state index in [4.69, 9.17) is 4.74 Å². The first-order valence-corrected chi connectivity index (χ1v) is 2.96. The van der Waals surface area contributed by atoms with Crippen molar-refractivity contribution in [3.05, 3.63) is 0 Å². The molecule has 0 aromatic carbocycles. The van der Waals surface area contributed by atoms with Crippen molar-refractivity contribution in [1.82, 2.24) is 0 Å². The number of hydrogen-bond donors (Lipinski definition) is 0. The van der Waals surface area contributed by atoms with Crippen LogP contribution in [-0.2, 0) is 4.74 Å². The van der Waals surface area contributed by atoms with Crippen LogP contribution in [0.1, 0.15) is 19.3 Å². The molecule has 0 heterocycles. The van der Waals surface area contributed by atoms with E-state index in [0.29, 0.717) is 6.42 Å². The van der Waals surface area contributed by atoms with Crippen molar-refractivity contribution in [2.75, 3.05) is 20.4 Å². The lowest BCUT2D eigenvalue weighted by Crippen LogP contribution is -1.87. The molecule has 0 rings (SSSR count). The van der Waals surface area contributed by atoms with E-state index in [0.717, 1.165) is 19.4 Å². The van der Waals surface area contributed by atoms with Gasteiger partial charge in [-0.15, -0.1) is 0 Å². The molecule has 2 heteroatoms. The molecule has 0 radical (unpaired) electrons. The third-order valence-corrected chi connectivity index (χ3v) is 0.982.